The van der Waals surface area contributed by atoms with Gasteiger partial charge >= 0.3 is 0 Å². The van der Waals surface area contributed by atoms with Gasteiger partial charge in [0.1, 0.15) is 0 Å². The van der Waals surface area contributed by atoms with Gasteiger partial charge in [0.25, 0.3) is 0 Å². The number of benzene rings is 1. The van der Waals surface area contributed by atoms with E-state index in [-0.39, 0.29) is 5.88 Å². The largest absolute Gasteiger partial charge is 0.494 e. The molecule has 11 heavy (non-hydrogen) atoms. The molecule has 0 unspecified atom stereocenters. The van der Waals surface area contributed by atoms with E-state index in [2.05, 4.69) is 4.98 Å². The summed E-state index contributed by atoms with van der Waals surface area (Å²) >= 11 is 0. The van der Waals surface area contributed by atoms with Crippen LogP contribution in [-0.4, -0.2) is 10.1 Å². The first-order chi connectivity index (χ1) is 5.27. The second-order valence-corrected chi connectivity index (χ2v) is 2.73. The molecule has 0 bridgehead atoms. The van der Waals surface area contributed by atoms with E-state index < -0.39 is 0 Å². The Labute approximate surface area is 64.5 Å². The van der Waals surface area contributed by atoms with E-state index in [1.165, 1.54) is 5.56 Å². The molecule has 0 aliphatic heterocycles. The molecule has 2 rings (SSSR count). The molecular formula is C9H9NO. The Kier molecular flexibility index (Phi) is 1.15. The van der Waals surface area contributed by atoms with Crippen molar-refractivity contribution in [2.75, 3.05) is 0 Å². The highest BCUT2D eigenvalue weighted by atomic mass is 16.3. The summed E-state index contributed by atoms with van der Waals surface area (Å²) in [6.07, 6.45) is 1.80. The van der Waals surface area contributed by atoms with Crippen LogP contribution >= 0.6 is 0 Å². The third kappa shape index (κ3) is 0.871. The summed E-state index contributed by atoms with van der Waals surface area (Å²) in [5, 5.41) is 11.2. The fraction of sp³-hybridized carbons (Fsp3) is 0.111. The van der Waals surface area contributed by atoms with Gasteiger partial charge in [0, 0.05) is 17.0 Å². The molecule has 2 aromatic rings. The zero-order valence-corrected chi connectivity index (χ0v) is 6.26. The Balaban J connectivity index is 2.86. The third-order valence-electron chi connectivity index (χ3n) is 1.83. The Hall–Kier alpha value is -1.44. The van der Waals surface area contributed by atoms with Gasteiger partial charge < -0.3 is 10.1 Å². The second-order valence-electron chi connectivity index (χ2n) is 2.73. The van der Waals surface area contributed by atoms with E-state index in [1.807, 2.05) is 25.1 Å². The summed E-state index contributed by atoms with van der Waals surface area (Å²) in [5.41, 5.74) is 1.21. The number of hydrogen-bond acceptors (Lipinski definition) is 1. The first-order valence-electron chi connectivity index (χ1n) is 3.54. The lowest BCUT2D eigenvalue weighted by Gasteiger charge is -1.91. The Morgan fingerprint density at radius 2 is 2.18 bits per heavy atom. The van der Waals surface area contributed by atoms with E-state index in [4.69, 9.17) is 0 Å². The summed E-state index contributed by atoms with van der Waals surface area (Å²) < 4.78 is 0. The van der Waals surface area contributed by atoms with E-state index in [0.717, 1.165) is 10.8 Å². The maximum atomic E-state index is 9.25. The van der Waals surface area contributed by atoms with Gasteiger partial charge in [0.05, 0.1) is 0 Å². The molecule has 0 spiro atoms. The van der Waals surface area contributed by atoms with Crippen LogP contribution in [0.3, 0.4) is 0 Å². The highest BCUT2D eigenvalue weighted by Gasteiger charge is 1.99. The van der Waals surface area contributed by atoms with Crippen LogP contribution < -0.4 is 0 Å². The third-order valence-corrected chi connectivity index (χ3v) is 1.83. The number of hydrogen-bond donors (Lipinski definition) is 2. The lowest BCUT2D eigenvalue weighted by molar-refractivity contribution is 0.462. The van der Waals surface area contributed by atoms with Crippen molar-refractivity contribution in [2.24, 2.45) is 0 Å². The van der Waals surface area contributed by atoms with Crippen LogP contribution in [0, 0.1) is 6.92 Å². The number of rotatable bonds is 0. The van der Waals surface area contributed by atoms with Gasteiger partial charge in [-0.1, -0.05) is 11.6 Å². The van der Waals surface area contributed by atoms with E-state index in [1.54, 1.807) is 6.20 Å². The minimum Gasteiger partial charge on any atom is -0.494 e. The summed E-state index contributed by atoms with van der Waals surface area (Å²) in [6.45, 7) is 2.03. The molecule has 0 aliphatic carbocycles. The van der Waals surface area contributed by atoms with Crippen molar-refractivity contribution in [1.29, 1.82) is 0 Å². The molecule has 2 N–H and O–H groups in total. The van der Waals surface area contributed by atoms with Gasteiger partial charge in [0.15, 0.2) is 5.88 Å². The zero-order chi connectivity index (χ0) is 7.84. The Bertz CT molecular complexity index is 389. The smallest absolute Gasteiger partial charge is 0.196 e. The van der Waals surface area contributed by atoms with Crippen molar-refractivity contribution in [2.45, 2.75) is 6.92 Å². The first-order valence-corrected chi connectivity index (χ1v) is 3.54. The van der Waals surface area contributed by atoms with Gasteiger partial charge in [0.2, 0.25) is 0 Å². The maximum Gasteiger partial charge on any atom is 0.196 e. The summed E-state index contributed by atoms with van der Waals surface area (Å²) in [4.78, 5) is 2.76. The fourth-order valence-corrected chi connectivity index (χ4v) is 1.24. The zero-order valence-electron chi connectivity index (χ0n) is 6.26. The predicted molar refractivity (Wildman–Crippen MR) is 44.7 cm³/mol. The Morgan fingerprint density at radius 1 is 1.36 bits per heavy atom. The quantitative estimate of drug-likeness (QED) is 0.588. The highest BCUT2D eigenvalue weighted by Crippen LogP contribution is 2.23. The normalized spacial score (nSPS) is 10.6. The van der Waals surface area contributed by atoms with Crippen molar-refractivity contribution >= 4 is 10.8 Å². The summed E-state index contributed by atoms with van der Waals surface area (Å²) in [5.74, 6) is 0.250. The number of aromatic hydroxyl groups is 1. The van der Waals surface area contributed by atoms with Crippen LogP contribution in [0.4, 0.5) is 0 Å². The first kappa shape index (κ1) is 6.28. The van der Waals surface area contributed by atoms with Crippen LogP contribution in [0.5, 0.6) is 5.88 Å². The average molecular weight is 147 g/mol. The van der Waals surface area contributed by atoms with Crippen molar-refractivity contribution in [1.82, 2.24) is 4.98 Å². The van der Waals surface area contributed by atoms with Crippen molar-refractivity contribution in [3.05, 3.63) is 30.0 Å². The van der Waals surface area contributed by atoms with E-state index >= 15 is 0 Å². The standard InChI is InChI=1S/C9H9NO/c1-6-2-3-8-7(4-6)5-10-9(8)11/h2-5,10-11H,1H3. The van der Waals surface area contributed by atoms with Crippen LogP contribution in [0.25, 0.3) is 10.8 Å². The van der Waals surface area contributed by atoms with Crippen LogP contribution in [0.2, 0.25) is 0 Å². The lowest BCUT2D eigenvalue weighted by atomic mass is 10.1. The number of nitrogens with one attached hydrogen (secondary N) is 1. The molecule has 56 valence electrons. The molecule has 1 aromatic carbocycles. The molecule has 0 amide bonds. The van der Waals surface area contributed by atoms with Crippen LogP contribution in [0.15, 0.2) is 24.4 Å². The Morgan fingerprint density at radius 3 is 3.00 bits per heavy atom. The molecule has 0 fully saturated rings. The van der Waals surface area contributed by atoms with Gasteiger partial charge in [-0.2, -0.15) is 0 Å². The molecule has 1 aromatic heterocycles. The van der Waals surface area contributed by atoms with Gasteiger partial charge in [-0.15, -0.1) is 0 Å². The van der Waals surface area contributed by atoms with E-state index in [0.29, 0.717) is 0 Å². The molecule has 2 heteroatoms. The number of aromatic amines is 1. The number of fused-ring (bicyclic) bond motifs is 1. The molecule has 0 saturated carbocycles. The maximum absolute atomic E-state index is 9.25. The van der Waals surface area contributed by atoms with Crippen molar-refractivity contribution < 1.29 is 5.11 Å². The van der Waals surface area contributed by atoms with Gasteiger partial charge in [-0.05, 0) is 19.1 Å². The summed E-state index contributed by atoms with van der Waals surface area (Å²) in [6, 6.07) is 5.93. The van der Waals surface area contributed by atoms with Crippen molar-refractivity contribution in [3.63, 3.8) is 0 Å². The fourth-order valence-electron chi connectivity index (χ4n) is 1.24. The van der Waals surface area contributed by atoms with Crippen LogP contribution in [0.1, 0.15) is 5.56 Å². The molecule has 2 nitrogen and oxygen atoms in total. The predicted octanol–water partition coefficient (Wildman–Crippen LogP) is 2.18. The highest BCUT2D eigenvalue weighted by molar-refractivity contribution is 5.87. The number of aryl methyl sites for hydroxylation is 1. The number of aromatic nitrogens is 1. The van der Waals surface area contributed by atoms with Gasteiger partial charge in [-0.3, -0.25) is 0 Å². The van der Waals surface area contributed by atoms with Crippen LogP contribution in [-0.2, 0) is 0 Å². The SMILES string of the molecule is Cc1ccc2c(O)[nH]cc2c1. The van der Waals surface area contributed by atoms with Crippen molar-refractivity contribution in [3.8, 4) is 5.88 Å². The minimum absolute atomic E-state index is 0.250. The molecule has 0 radical (unpaired) electrons. The topological polar surface area (TPSA) is 36.0 Å². The molecule has 1 heterocycles. The van der Waals surface area contributed by atoms with Gasteiger partial charge in [-0.25, -0.2) is 0 Å². The average Bonchev–Trinajstić information content (AvgIpc) is 2.32. The van der Waals surface area contributed by atoms with E-state index in [9.17, 15) is 5.11 Å². The summed E-state index contributed by atoms with van der Waals surface area (Å²) in [7, 11) is 0. The molecule has 0 atom stereocenters. The molecule has 0 saturated heterocycles. The monoisotopic (exact) mass is 147 g/mol. The second kappa shape index (κ2) is 2.02. The molecule has 0 aliphatic rings. The minimum atomic E-state index is 0.250. The lowest BCUT2D eigenvalue weighted by Crippen LogP contribution is -1.68. The number of H-pyrrole nitrogens is 1. The molecular weight excluding hydrogens is 138 g/mol.